The molecule has 0 spiro atoms. The van der Waals surface area contributed by atoms with Gasteiger partial charge in [0.2, 0.25) is 0 Å². The van der Waals surface area contributed by atoms with Crippen LogP contribution < -0.4 is 15.2 Å². The van der Waals surface area contributed by atoms with E-state index in [0.717, 1.165) is 15.8 Å². The average Bonchev–Trinajstić information content (AvgIpc) is 3.12. The highest BCUT2D eigenvalue weighted by Gasteiger charge is 2.15. The molecule has 0 aliphatic heterocycles. The molecular formula is C23H21FN4O3. The van der Waals surface area contributed by atoms with Gasteiger partial charge in [0.1, 0.15) is 23.9 Å². The van der Waals surface area contributed by atoms with E-state index in [1.807, 2.05) is 31.2 Å². The third kappa shape index (κ3) is 3.92. The summed E-state index contributed by atoms with van der Waals surface area (Å²) in [4.78, 5) is 12.3. The third-order valence-electron chi connectivity index (χ3n) is 5.05. The fraction of sp³-hybridized carbons (Fsp3) is 0.174. The van der Waals surface area contributed by atoms with Gasteiger partial charge in [-0.2, -0.15) is 9.36 Å². The summed E-state index contributed by atoms with van der Waals surface area (Å²) in [7, 11) is 3.08. The number of para-hydroxylation sites is 1. The van der Waals surface area contributed by atoms with Crippen LogP contribution in [0.4, 0.5) is 4.39 Å². The van der Waals surface area contributed by atoms with Crippen LogP contribution in [0.1, 0.15) is 11.1 Å². The summed E-state index contributed by atoms with van der Waals surface area (Å²) >= 11 is 0. The van der Waals surface area contributed by atoms with Gasteiger partial charge in [0.15, 0.2) is 0 Å². The number of hydrogen-bond donors (Lipinski definition) is 0. The summed E-state index contributed by atoms with van der Waals surface area (Å²) in [6.07, 6.45) is 0. The summed E-state index contributed by atoms with van der Waals surface area (Å²) in [5.41, 5.74) is 2.97. The number of benzene rings is 3. The van der Waals surface area contributed by atoms with Crippen molar-refractivity contribution in [3.8, 4) is 28.3 Å². The molecule has 0 bridgehead atoms. The van der Waals surface area contributed by atoms with Crippen molar-refractivity contribution < 1.29 is 13.9 Å². The van der Waals surface area contributed by atoms with E-state index in [-0.39, 0.29) is 18.1 Å². The van der Waals surface area contributed by atoms with Crippen LogP contribution in [0.3, 0.4) is 0 Å². The molecule has 0 amide bonds. The number of ether oxygens (including phenoxy) is 2. The second-order valence-electron chi connectivity index (χ2n) is 7.00. The number of nitrogens with zero attached hydrogens (tertiary/aromatic N) is 4. The highest BCUT2D eigenvalue weighted by Crippen LogP contribution is 2.34. The number of halogens is 1. The molecule has 0 saturated carbocycles. The SMILES string of the molecule is COc1ccccc1-c1cc(OCc2c(C)cccc2-n2nnn(C)c2=O)ccc1F. The summed E-state index contributed by atoms with van der Waals surface area (Å²) in [6.45, 7) is 2.09. The molecule has 0 radical (unpaired) electrons. The Labute approximate surface area is 178 Å². The van der Waals surface area contributed by atoms with Gasteiger partial charge in [0.05, 0.1) is 12.8 Å². The maximum absolute atomic E-state index is 14.6. The molecule has 0 aliphatic rings. The maximum Gasteiger partial charge on any atom is 0.368 e. The molecule has 0 fully saturated rings. The Morgan fingerprint density at radius 3 is 2.55 bits per heavy atom. The first kappa shape index (κ1) is 20.3. The van der Waals surface area contributed by atoms with E-state index < -0.39 is 0 Å². The lowest BCUT2D eigenvalue weighted by Crippen LogP contribution is -2.23. The van der Waals surface area contributed by atoms with Gasteiger partial charge >= 0.3 is 5.69 Å². The van der Waals surface area contributed by atoms with E-state index in [0.29, 0.717) is 28.3 Å². The first-order valence-electron chi connectivity index (χ1n) is 9.63. The van der Waals surface area contributed by atoms with E-state index in [1.165, 1.54) is 17.8 Å². The molecule has 1 heterocycles. The van der Waals surface area contributed by atoms with Gasteiger partial charge < -0.3 is 9.47 Å². The zero-order valence-corrected chi connectivity index (χ0v) is 17.4. The Morgan fingerprint density at radius 2 is 1.81 bits per heavy atom. The van der Waals surface area contributed by atoms with Gasteiger partial charge in [-0.3, -0.25) is 0 Å². The van der Waals surface area contributed by atoms with Crippen molar-refractivity contribution in [3.63, 3.8) is 0 Å². The van der Waals surface area contributed by atoms with Crippen LogP contribution in [0.15, 0.2) is 65.5 Å². The summed E-state index contributed by atoms with van der Waals surface area (Å²) in [5, 5.41) is 7.70. The Morgan fingerprint density at radius 1 is 1.00 bits per heavy atom. The van der Waals surface area contributed by atoms with Crippen molar-refractivity contribution in [1.29, 1.82) is 0 Å². The minimum Gasteiger partial charge on any atom is -0.496 e. The summed E-state index contributed by atoms with van der Waals surface area (Å²) in [6, 6.07) is 17.3. The Kier molecular flexibility index (Phi) is 5.53. The van der Waals surface area contributed by atoms with Crippen LogP contribution in [0.25, 0.3) is 16.8 Å². The van der Waals surface area contributed by atoms with Gasteiger partial charge in [-0.05, 0) is 53.2 Å². The molecule has 0 atom stereocenters. The second-order valence-corrected chi connectivity index (χ2v) is 7.00. The van der Waals surface area contributed by atoms with Gasteiger partial charge in [0.25, 0.3) is 0 Å². The van der Waals surface area contributed by atoms with Crippen LogP contribution in [0, 0.1) is 12.7 Å². The molecule has 4 aromatic rings. The molecule has 8 heteroatoms. The molecule has 1 aromatic heterocycles. The van der Waals surface area contributed by atoms with E-state index in [1.54, 1.807) is 37.4 Å². The maximum atomic E-state index is 14.6. The molecule has 0 aliphatic carbocycles. The van der Waals surface area contributed by atoms with Crippen molar-refractivity contribution in [2.24, 2.45) is 7.05 Å². The predicted molar refractivity (Wildman–Crippen MR) is 114 cm³/mol. The molecule has 0 saturated heterocycles. The number of aromatic nitrogens is 4. The molecule has 0 N–H and O–H groups in total. The van der Waals surface area contributed by atoms with Crippen LogP contribution in [-0.2, 0) is 13.7 Å². The Balaban J connectivity index is 1.67. The molecule has 0 unspecified atom stereocenters. The fourth-order valence-electron chi connectivity index (χ4n) is 3.36. The smallest absolute Gasteiger partial charge is 0.368 e. The van der Waals surface area contributed by atoms with Crippen molar-refractivity contribution in [2.45, 2.75) is 13.5 Å². The third-order valence-corrected chi connectivity index (χ3v) is 5.05. The van der Waals surface area contributed by atoms with Crippen LogP contribution >= 0.6 is 0 Å². The normalized spacial score (nSPS) is 10.8. The molecular weight excluding hydrogens is 399 g/mol. The number of tetrazole rings is 1. The molecule has 158 valence electrons. The van der Waals surface area contributed by atoms with Gasteiger partial charge in [-0.1, -0.05) is 30.3 Å². The monoisotopic (exact) mass is 420 g/mol. The lowest BCUT2D eigenvalue weighted by atomic mass is 10.0. The van der Waals surface area contributed by atoms with Gasteiger partial charge in [-0.15, -0.1) is 0 Å². The quantitative estimate of drug-likeness (QED) is 0.476. The number of aryl methyl sites for hydroxylation is 2. The second kappa shape index (κ2) is 8.43. The lowest BCUT2D eigenvalue weighted by Gasteiger charge is -2.14. The average molecular weight is 420 g/mol. The highest BCUT2D eigenvalue weighted by atomic mass is 19.1. The first-order chi connectivity index (χ1) is 15.0. The van der Waals surface area contributed by atoms with Crippen LogP contribution in [-0.4, -0.2) is 26.9 Å². The van der Waals surface area contributed by atoms with Crippen molar-refractivity contribution >= 4 is 0 Å². The van der Waals surface area contributed by atoms with Gasteiger partial charge in [-0.25, -0.2) is 9.18 Å². The van der Waals surface area contributed by atoms with Crippen molar-refractivity contribution in [1.82, 2.24) is 19.8 Å². The fourth-order valence-corrected chi connectivity index (χ4v) is 3.36. The standard InChI is InChI=1S/C23H21FN4O3/c1-15-7-6-9-21(28-23(29)27(2)25-26-28)19(15)14-31-16-11-12-20(24)18(13-16)17-8-4-5-10-22(17)30-3/h4-13H,14H2,1-3H3. The first-order valence-corrected chi connectivity index (χ1v) is 9.63. The minimum absolute atomic E-state index is 0.169. The highest BCUT2D eigenvalue weighted by molar-refractivity contribution is 5.72. The Bertz CT molecular complexity index is 1300. The van der Waals surface area contributed by atoms with Crippen LogP contribution in [0.5, 0.6) is 11.5 Å². The molecule has 7 nitrogen and oxygen atoms in total. The Hall–Kier alpha value is -3.94. The van der Waals surface area contributed by atoms with E-state index in [2.05, 4.69) is 10.4 Å². The van der Waals surface area contributed by atoms with Gasteiger partial charge in [0, 0.05) is 23.7 Å². The number of methoxy groups -OCH3 is 1. The van der Waals surface area contributed by atoms with E-state index >= 15 is 0 Å². The molecule has 4 rings (SSSR count). The number of rotatable bonds is 6. The zero-order chi connectivity index (χ0) is 22.0. The van der Waals surface area contributed by atoms with E-state index in [4.69, 9.17) is 9.47 Å². The van der Waals surface area contributed by atoms with Crippen molar-refractivity contribution in [2.75, 3.05) is 7.11 Å². The zero-order valence-electron chi connectivity index (χ0n) is 17.4. The topological polar surface area (TPSA) is 71.2 Å². The largest absolute Gasteiger partial charge is 0.496 e. The minimum atomic E-state index is -0.375. The van der Waals surface area contributed by atoms with E-state index in [9.17, 15) is 9.18 Å². The van der Waals surface area contributed by atoms with Crippen LogP contribution in [0.2, 0.25) is 0 Å². The molecule has 3 aromatic carbocycles. The number of hydrogen-bond acceptors (Lipinski definition) is 5. The summed E-state index contributed by atoms with van der Waals surface area (Å²) in [5.74, 6) is 0.685. The lowest BCUT2D eigenvalue weighted by molar-refractivity contribution is 0.304. The summed E-state index contributed by atoms with van der Waals surface area (Å²) < 4.78 is 28.3. The predicted octanol–water partition coefficient (Wildman–Crippen LogP) is 3.67. The van der Waals surface area contributed by atoms with Crippen molar-refractivity contribution in [3.05, 3.63) is 88.1 Å². The molecule has 31 heavy (non-hydrogen) atoms.